The molecular weight excluding hydrogens is 228 g/mol. The van der Waals surface area contributed by atoms with Crippen LogP contribution < -0.4 is 4.74 Å². The van der Waals surface area contributed by atoms with Crippen LogP contribution in [0.25, 0.3) is 11.0 Å². The highest BCUT2D eigenvalue weighted by Gasteiger charge is 2.15. The Hall–Kier alpha value is -2.55. The van der Waals surface area contributed by atoms with Crippen LogP contribution >= 0.6 is 0 Å². The molecule has 0 atom stereocenters. The predicted octanol–water partition coefficient (Wildman–Crippen LogP) is 3.65. The number of hydrogen-bond acceptors (Lipinski definition) is 3. The van der Waals surface area contributed by atoms with Crippen LogP contribution in [0.1, 0.15) is 10.4 Å². The summed E-state index contributed by atoms with van der Waals surface area (Å²) in [6, 6.07) is 16.3. The molecule has 3 rings (SSSR count). The molecule has 0 bridgehead atoms. The van der Waals surface area contributed by atoms with Gasteiger partial charge in [-0.05, 0) is 18.2 Å². The standard InChI is InChI=1S/C15H10O3/c16-15(18-11-6-2-1-3-7-11)13-10-17-14-9-5-4-8-12(13)14/h1-10H. The molecule has 0 aliphatic carbocycles. The van der Waals surface area contributed by atoms with Crippen LogP contribution in [0.4, 0.5) is 0 Å². The van der Waals surface area contributed by atoms with Crippen molar-refractivity contribution in [3.05, 3.63) is 66.4 Å². The number of esters is 1. The summed E-state index contributed by atoms with van der Waals surface area (Å²) in [5, 5.41) is 0.762. The lowest BCUT2D eigenvalue weighted by Crippen LogP contribution is -2.07. The van der Waals surface area contributed by atoms with Gasteiger partial charge in [0.15, 0.2) is 0 Å². The number of para-hydroxylation sites is 2. The second-order valence-electron chi connectivity index (χ2n) is 3.85. The van der Waals surface area contributed by atoms with Crippen LogP contribution in [-0.2, 0) is 0 Å². The lowest BCUT2D eigenvalue weighted by molar-refractivity contribution is 0.0736. The smallest absolute Gasteiger partial charge is 0.347 e. The molecule has 3 nitrogen and oxygen atoms in total. The fraction of sp³-hybridized carbons (Fsp3) is 0. The average Bonchev–Trinajstić information content (AvgIpc) is 2.84. The molecule has 0 saturated carbocycles. The van der Waals surface area contributed by atoms with E-state index in [1.807, 2.05) is 42.5 Å². The van der Waals surface area contributed by atoms with Gasteiger partial charge in [0, 0.05) is 5.39 Å². The topological polar surface area (TPSA) is 39.4 Å². The Morgan fingerprint density at radius 3 is 2.50 bits per heavy atom. The van der Waals surface area contributed by atoms with E-state index in [1.165, 1.54) is 6.26 Å². The Labute approximate surface area is 104 Å². The quantitative estimate of drug-likeness (QED) is 0.505. The molecule has 88 valence electrons. The van der Waals surface area contributed by atoms with Crippen LogP contribution in [0.5, 0.6) is 5.75 Å². The third-order valence-electron chi connectivity index (χ3n) is 2.65. The Morgan fingerprint density at radius 2 is 1.67 bits per heavy atom. The van der Waals surface area contributed by atoms with E-state index >= 15 is 0 Å². The number of benzene rings is 2. The first-order valence-corrected chi connectivity index (χ1v) is 5.58. The number of ether oxygens (including phenoxy) is 1. The van der Waals surface area contributed by atoms with Crippen molar-refractivity contribution in [1.29, 1.82) is 0 Å². The van der Waals surface area contributed by atoms with Gasteiger partial charge in [0.05, 0.1) is 0 Å². The molecule has 2 aromatic carbocycles. The minimum atomic E-state index is -0.411. The Morgan fingerprint density at radius 1 is 0.944 bits per heavy atom. The van der Waals surface area contributed by atoms with Crippen LogP contribution in [0.2, 0.25) is 0 Å². The Bertz CT molecular complexity index is 683. The van der Waals surface area contributed by atoms with Crippen molar-refractivity contribution in [3.63, 3.8) is 0 Å². The summed E-state index contributed by atoms with van der Waals surface area (Å²) in [4.78, 5) is 12.0. The van der Waals surface area contributed by atoms with E-state index in [-0.39, 0.29) is 0 Å². The minimum absolute atomic E-state index is 0.411. The van der Waals surface area contributed by atoms with E-state index in [2.05, 4.69) is 0 Å². The summed E-state index contributed by atoms with van der Waals surface area (Å²) in [5.41, 5.74) is 1.12. The van der Waals surface area contributed by atoms with E-state index in [4.69, 9.17) is 9.15 Å². The first-order chi connectivity index (χ1) is 8.84. The molecule has 0 aliphatic rings. The number of fused-ring (bicyclic) bond motifs is 1. The molecule has 3 heteroatoms. The van der Waals surface area contributed by atoms with Crippen LogP contribution in [-0.4, -0.2) is 5.97 Å². The van der Waals surface area contributed by atoms with Crippen molar-refractivity contribution in [2.24, 2.45) is 0 Å². The summed E-state index contributed by atoms with van der Waals surface area (Å²) < 4.78 is 10.6. The van der Waals surface area contributed by atoms with Gasteiger partial charge in [-0.2, -0.15) is 0 Å². The summed E-state index contributed by atoms with van der Waals surface area (Å²) in [6.45, 7) is 0. The summed E-state index contributed by atoms with van der Waals surface area (Å²) in [6.07, 6.45) is 1.43. The average molecular weight is 238 g/mol. The normalized spacial score (nSPS) is 10.4. The largest absolute Gasteiger partial charge is 0.463 e. The molecule has 1 heterocycles. The van der Waals surface area contributed by atoms with Gasteiger partial charge in [-0.25, -0.2) is 4.79 Å². The van der Waals surface area contributed by atoms with Gasteiger partial charge >= 0.3 is 5.97 Å². The lowest BCUT2D eigenvalue weighted by atomic mass is 10.2. The number of hydrogen-bond donors (Lipinski definition) is 0. The molecule has 3 aromatic rings. The van der Waals surface area contributed by atoms with Crippen molar-refractivity contribution in [1.82, 2.24) is 0 Å². The van der Waals surface area contributed by atoms with E-state index in [9.17, 15) is 4.79 Å². The molecule has 0 aliphatic heterocycles. The maximum absolute atomic E-state index is 12.0. The van der Waals surface area contributed by atoms with Gasteiger partial charge in [0.2, 0.25) is 0 Å². The van der Waals surface area contributed by atoms with E-state index in [0.717, 1.165) is 5.39 Å². The van der Waals surface area contributed by atoms with Crippen LogP contribution in [0.3, 0.4) is 0 Å². The van der Waals surface area contributed by atoms with E-state index in [1.54, 1.807) is 12.1 Å². The van der Waals surface area contributed by atoms with Crippen molar-refractivity contribution in [2.45, 2.75) is 0 Å². The predicted molar refractivity (Wildman–Crippen MR) is 67.6 cm³/mol. The van der Waals surface area contributed by atoms with Crippen molar-refractivity contribution in [3.8, 4) is 5.75 Å². The second-order valence-corrected chi connectivity index (χ2v) is 3.85. The first-order valence-electron chi connectivity index (χ1n) is 5.58. The third-order valence-corrected chi connectivity index (χ3v) is 2.65. The zero-order valence-electron chi connectivity index (χ0n) is 9.50. The number of carbonyl (C=O) groups is 1. The fourth-order valence-corrected chi connectivity index (χ4v) is 1.79. The third kappa shape index (κ3) is 1.86. The number of rotatable bonds is 2. The van der Waals surface area contributed by atoms with Crippen LogP contribution in [0.15, 0.2) is 65.3 Å². The molecular formula is C15H10O3. The molecule has 18 heavy (non-hydrogen) atoms. The second kappa shape index (κ2) is 4.37. The lowest BCUT2D eigenvalue weighted by Gasteiger charge is -2.01. The van der Waals surface area contributed by atoms with E-state index < -0.39 is 5.97 Å². The number of carbonyl (C=O) groups excluding carboxylic acids is 1. The summed E-state index contributed by atoms with van der Waals surface area (Å²) >= 11 is 0. The molecule has 0 amide bonds. The van der Waals surface area contributed by atoms with Crippen molar-refractivity contribution < 1.29 is 13.9 Å². The SMILES string of the molecule is O=C(Oc1ccccc1)c1coc2ccccc12. The maximum atomic E-state index is 12.0. The zero-order chi connectivity index (χ0) is 12.4. The highest BCUT2D eigenvalue weighted by molar-refractivity contribution is 6.03. The molecule has 0 spiro atoms. The van der Waals surface area contributed by atoms with Gasteiger partial charge in [0.25, 0.3) is 0 Å². The van der Waals surface area contributed by atoms with Gasteiger partial charge in [-0.3, -0.25) is 0 Å². The summed E-state index contributed by atoms with van der Waals surface area (Å²) in [5.74, 6) is 0.110. The molecule has 0 saturated heterocycles. The summed E-state index contributed by atoms with van der Waals surface area (Å²) in [7, 11) is 0. The highest BCUT2D eigenvalue weighted by atomic mass is 16.5. The molecule has 0 radical (unpaired) electrons. The minimum Gasteiger partial charge on any atom is -0.463 e. The first kappa shape index (κ1) is 10.6. The van der Waals surface area contributed by atoms with Gasteiger partial charge in [0.1, 0.15) is 23.2 Å². The Balaban J connectivity index is 1.93. The van der Waals surface area contributed by atoms with E-state index in [0.29, 0.717) is 16.9 Å². The Kier molecular flexibility index (Phi) is 2.57. The number of furan rings is 1. The monoisotopic (exact) mass is 238 g/mol. The zero-order valence-corrected chi connectivity index (χ0v) is 9.50. The maximum Gasteiger partial charge on any atom is 0.347 e. The molecule has 1 aromatic heterocycles. The van der Waals surface area contributed by atoms with Crippen molar-refractivity contribution in [2.75, 3.05) is 0 Å². The van der Waals surface area contributed by atoms with Crippen LogP contribution in [0, 0.1) is 0 Å². The molecule has 0 N–H and O–H groups in total. The molecule has 0 fully saturated rings. The van der Waals surface area contributed by atoms with Crippen molar-refractivity contribution >= 4 is 16.9 Å². The molecule has 0 unspecified atom stereocenters. The van der Waals surface area contributed by atoms with Gasteiger partial charge < -0.3 is 9.15 Å². The fourth-order valence-electron chi connectivity index (χ4n) is 1.79. The highest BCUT2D eigenvalue weighted by Crippen LogP contribution is 2.22. The van der Waals surface area contributed by atoms with Gasteiger partial charge in [-0.15, -0.1) is 0 Å². The van der Waals surface area contributed by atoms with Gasteiger partial charge in [-0.1, -0.05) is 36.4 Å².